The van der Waals surface area contributed by atoms with E-state index < -0.39 is 5.54 Å². The average molecular weight is 358 g/mol. The summed E-state index contributed by atoms with van der Waals surface area (Å²) in [6.45, 7) is 17.1. The number of hydrogen-bond donors (Lipinski definition) is 1. The summed E-state index contributed by atoms with van der Waals surface area (Å²) in [5, 5.41) is 0. The van der Waals surface area contributed by atoms with Gasteiger partial charge in [0.05, 0.1) is 0 Å². The fraction of sp³-hybridized carbons (Fsp3) is 0.364. The number of nitrogens with two attached hydrogens (primary N) is 1. The molecule has 0 spiro atoms. The van der Waals surface area contributed by atoms with E-state index >= 15 is 0 Å². The largest absolute Gasteiger partial charge is 0.369 e. The van der Waals surface area contributed by atoms with Gasteiger partial charge < -0.3 is 5.73 Å². The van der Waals surface area contributed by atoms with Crippen molar-refractivity contribution in [3.8, 4) is 0 Å². The Morgan fingerprint density at radius 1 is 1.23 bits per heavy atom. The van der Waals surface area contributed by atoms with Gasteiger partial charge in [-0.15, -0.1) is 6.58 Å². The lowest BCUT2D eigenvalue weighted by Gasteiger charge is -2.26. The Morgan fingerprint density at radius 2 is 1.69 bits per heavy atom. The maximum absolute atomic E-state index is 12.7. The van der Waals surface area contributed by atoms with Gasteiger partial charge in [-0.05, 0) is 31.9 Å². The molecule has 2 N–H and O–H groups in total. The Morgan fingerprint density at radius 3 is 2.04 bits per heavy atom. The zero-order valence-electron chi connectivity index (χ0n) is 16.3. The molecule has 0 aliphatic carbocycles. The van der Waals surface area contributed by atoms with Crippen molar-refractivity contribution in [3.05, 3.63) is 72.4 Å². The highest BCUT2D eigenvalue weighted by Gasteiger charge is 2.49. The Labute approximate surface area is 159 Å². The van der Waals surface area contributed by atoms with Gasteiger partial charge in [0.15, 0.2) is 11.5 Å². The van der Waals surface area contributed by atoms with Crippen molar-refractivity contribution >= 4 is 11.9 Å². The third-order valence-corrected chi connectivity index (χ3v) is 3.54. The van der Waals surface area contributed by atoms with E-state index in [1.807, 2.05) is 65.0 Å². The second-order valence-corrected chi connectivity index (χ2v) is 5.34. The number of nitrogens with zero attached hydrogens (tertiary/aromatic N) is 2. The van der Waals surface area contributed by atoms with Gasteiger partial charge >= 0.3 is 0 Å². The molecule has 0 aromatic heterocycles. The Bertz CT molecular complexity index is 656. The quantitative estimate of drug-likeness (QED) is 0.614. The van der Waals surface area contributed by atoms with Crippen molar-refractivity contribution in [2.24, 2.45) is 10.7 Å². The van der Waals surface area contributed by atoms with Crippen molar-refractivity contribution in [1.82, 2.24) is 4.90 Å². The van der Waals surface area contributed by atoms with Gasteiger partial charge in [0.2, 0.25) is 0 Å². The SMILES string of the molecule is C.C=C(/C=C\C)[C@@]1(c2ccc(C)cc2)N=C(N)N(C)C1=O.C=CC.CC. The summed E-state index contributed by atoms with van der Waals surface area (Å²) in [6.07, 6.45) is 5.39. The van der Waals surface area contributed by atoms with Gasteiger partial charge in [0.25, 0.3) is 5.91 Å². The molecule has 4 heteroatoms. The highest BCUT2D eigenvalue weighted by atomic mass is 16.2. The second kappa shape index (κ2) is 11.9. The van der Waals surface area contributed by atoms with Crippen LogP contribution in [0.3, 0.4) is 0 Å². The number of rotatable bonds is 3. The topological polar surface area (TPSA) is 58.7 Å². The average Bonchev–Trinajstić information content (AvgIpc) is 2.83. The van der Waals surface area contributed by atoms with Crippen LogP contribution in [0.5, 0.6) is 0 Å². The molecule has 1 aromatic carbocycles. The van der Waals surface area contributed by atoms with Crippen molar-refractivity contribution in [3.63, 3.8) is 0 Å². The fourth-order valence-corrected chi connectivity index (χ4v) is 2.34. The molecule has 0 bridgehead atoms. The molecular weight excluding hydrogens is 322 g/mol. The lowest BCUT2D eigenvalue weighted by Crippen LogP contribution is -2.41. The molecule has 1 aliphatic rings. The molecular formula is C22H35N3O. The molecule has 0 fully saturated rings. The van der Waals surface area contributed by atoms with E-state index in [2.05, 4.69) is 18.2 Å². The Balaban J connectivity index is 0. The second-order valence-electron chi connectivity index (χ2n) is 5.34. The van der Waals surface area contributed by atoms with E-state index in [0.29, 0.717) is 5.57 Å². The molecule has 1 heterocycles. The minimum atomic E-state index is -1.14. The molecule has 1 aliphatic heterocycles. The summed E-state index contributed by atoms with van der Waals surface area (Å²) in [7, 11) is 1.63. The highest BCUT2D eigenvalue weighted by Crippen LogP contribution is 2.39. The number of hydrogen-bond acceptors (Lipinski definition) is 3. The first-order chi connectivity index (χ1) is 11.8. The van der Waals surface area contributed by atoms with E-state index in [0.717, 1.165) is 11.1 Å². The molecule has 0 unspecified atom stereocenters. The summed E-state index contributed by atoms with van der Waals surface area (Å²) in [5.41, 5.74) is 7.21. The van der Waals surface area contributed by atoms with Crippen LogP contribution >= 0.6 is 0 Å². The van der Waals surface area contributed by atoms with Crippen molar-refractivity contribution in [2.75, 3.05) is 7.05 Å². The third kappa shape index (κ3) is 5.19. The summed E-state index contributed by atoms with van der Waals surface area (Å²) in [5.74, 6) is 0.0307. The smallest absolute Gasteiger partial charge is 0.266 e. The number of benzene rings is 1. The summed E-state index contributed by atoms with van der Waals surface area (Å²) >= 11 is 0. The van der Waals surface area contributed by atoms with E-state index in [1.54, 1.807) is 19.2 Å². The van der Waals surface area contributed by atoms with Gasteiger partial charge in [-0.2, -0.15) is 0 Å². The molecule has 0 radical (unpaired) electrons. The van der Waals surface area contributed by atoms with Crippen LogP contribution in [-0.2, 0) is 10.3 Å². The predicted octanol–water partition coefficient (Wildman–Crippen LogP) is 4.96. The molecule has 1 amide bonds. The normalized spacial score (nSPS) is 18.0. The number of aryl methyl sites for hydroxylation is 1. The first-order valence-electron chi connectivity index (χ1n) is 8.44. The maximum Gasteiger partial charge on any atom is 0.266 e. The van der Waals surface area contributed by atoms with Crippen LogP contribution in [0.4, 0.5) is 0 Å². The number of likely N-dealkylation sites (N-methyl/N-ethyl adjacent to an activating group) is 1. The van der Waals surface area contributed by atoms with Gasteiger partial charge in [-0.25, -0.2) is 4.99 Å². The van der Waals surface area contributed by atoms with Gasteiger partial charge in [0.1, 0.15) is 0 Å². The predicted molar refractivity (Wildman–Crippen MR) is 115 cm³/mol. The molecule has 2 rings (SSSR count). The summed E-state index contributed by atoms with van der Waals surface area (Å²) < 4.78 is 0. The van der Waals surface area contributed by atoms with Crippen molar-refractivity contribution in [2.45, 2.75) is 47.6 Å². The number of aliphatic imine (C=N–C) groups is 1. The first kappa shape index (κ1) is 25.6. The van der Waals surface area contributed by atoms with Crippen LogP contribution in [0.15, 0.2) is 66.2 Å². The van der Waals surface area contributed by atoms with Crippen LogP contribution in [0, 0.1) is 6.92 Å². The van der Waals surface area contributed by atoms with Gasteiger partial charge in [-0.3, -0.25) is 9.69 Å². The van der Waals surface area contributed by atoms with E-state index in [9.17, 15) is 4.79 Å². The van der Waals surface area contributed by atoms with Crippen LogP contribution in [0.1, 0.15) is 46.2 Å². The van der Waals surface area contributed by atoms with E-state index in [1.165, 1.54) is 4.90 Å². The Kier molecular flexibility index (Phi) is 11.7. The first-order valence-corrected chi connectivity index (χ1v) is 8.44. The zero-order chi connectivity index (χ0) is 19.6. The summed E-state index contributed by atoms with van der Waals surface area (Å²) in [6, 6.07) is 7.71. The lowest BCUT2D eigenvalue weighted by atomic mass is 9.82. The van der Waals surface area contributed by atoms with Crippen LogP contribution in [0.25, 0.3) is 0 Å². The van der Waals surface area contributed by atoms with Crippen molar-refractivity contribution < 1.29 is 4.79 Å². The number of carbonyl (C=O) groups excluding carboxylic acids is 1. The van der Waals surface area contributed by atoms with Crippen LogP contribution in [0.2, 0.25) is 0 Å². The van der Waals surface area contributed by atoms with Crippen LogP contribution in [-0.4, -0.2) is 23.8 Å². The minimum absolute atomic E-state index is 0. The van der Waals surface area contributed by atoms with Gasteiger partial charge in [-0.1, -0.05) is 75.9 Å². The molecule has 4 nitrogen and oxygen atoms in total. The standard InChI is InChI=1S/C16H19N3O.C3H6.C2H6.CH4/c1-5-6-12(3)16(13-9-7-11(2)8-10-13)14(20)19(4)15(17)18-16;1-3-2;1-2;/h5-10H,3H2,1-2,4H3,(H2,17,18);3H,1H2,2H3;1-2H3;1H4/b6-5-;;;/t16-;;;/m0.../s1. The third-order valence-electron chi connectivity index (χ3n) is 3.54. The fourth-order valence-electron chi connectivity index (χ4n) is 2.34. The van der Waals surface area contributed by atoms with E-state index in [-0.39, 0.29) is 19.3 Å². The molecule has 26 heavy (non-hydrogen) atoms. The van der Waals surface area contributed by atoms with Crippen molar-refractivity contribution in [1.29, 1.82) is 0 Å². The number of carbonyl (C=O) groups is 1. The number of allylic oxidation sites excluding steroid dienone is 2. The lowest BCUT2D eigenvalue weighted by molar-refractivity contribution is -0.129. The molecule has 0 saturated carbocycles. The van der Waals surface area contributed by atoms with E-state index in [4.69, 9.17) is 5.73 Å². The molecule has 144 valence electrons. The molecule has 1 aromatic rings. The highest BCUT2D eigenvalue weighted by molar-refractivity contribution is 6.09. The molecule has 0 saturated heterocycles. The van der Waals surface area contributed by atoms with Crippen LogP contribution < -0.4 is 5.73 Å². The molecule has 1 atom stereocenters. The number of amides is 1. The monoisotopic (exact) mass is 357 g/mol. The maximum atomic E-state index is 12.7. The zero-order valence-corrected chi connectivity index (χ0v) is 16.3. The minimum Gasteiger partial charge on any atom is -0.369 e. The number of guanidine groups is 1. The van der Waals surface area contributed by atoms with Gasteiger partial charge in [0, 0.05) is 7.05 Å². The Hall–Kier alpha value is -2.62. The summed E-state index contributed by atoms with van der Waals surface area (Å²) in [4.78, 5) is 18.5.